The summed E-state index contributed by atoms with van der Waals surface area (Å²) in [7, 11) is 0. The number of benzene rings is 2. The number of halogens is 3. The number of nitrogens with one attached hydrogen (secondary N) is 1. The third kappa shape index (κ3) is 4.51. The fourth-order valence-electron chi connectivity index (χ4n) is 2.87. The van der Waals surface area contributed by atoms with Gasteiger partial charge in [-0.05, 0) is 48.5 Å². The van der Waals surface area contributed by atoms with Gasteiger partial charge in [-0.3, -0.25) is 14.2 Å². The molecule has 0 aliphatic carbocycles. The van der Waals surface area contributed by atoms with Crippen molar-refractivity contribution in [1.82, 2.24) is 14.5 Å². The number of rotatable bonds is 5. The largest absolute Gasteiger partial charge is 0.436 e. The summed E-state index contributed by atoms with van der Waals surface area (Å²) in [5, 5.41) is 2.30. The van der Waals surface area contributed by atoms with Gasteiger partial charge in [-0.15, -0.1) is 0 Å². The molecule has 2 aromatic carbocycles. The van der Waals surface area contributed by atoms with Crippen LogP contribution in [-0.2, 0) is 0 Å². The minimum Gasteiger partial charge on any atom is -0.436 e. The van der Waals surface area contributed by atoms with Crippen LogP contribution in [0.3, 0.4) is 0 Å². The molecule has 4 aromatic rings. The van der Waals surface area contributed by atoms with Crippen LogP contribution in [0.25, 0.3) is 5.69 Å². The molecule has 0 saturated carbocycles. The normalized spacial score (nSPS) is 10.6. The van der Waals surface area contributed by atoms with Gasteiger partial charge >= 0.3 is 0 Å². The van der Waals surface area contributed by atoms with E-state index in [4.69, 9.17) is 10.5 Å². The minimum atomic E-state index is -1.00. The zero-order chi connectivity index (χ0) is 23.5. The van der Waals surface area contributed by atoms with Gasteiger partial charge < -0.3 is 15.8 Å². The lowest BCUT2D eigenvalue weighted by molar-refractivity contribution is 0.102. The van der Waals surface area contributed by atoms with E-state index in [2.05, 4.69) is 15.3 Å². The number of hydrogen-bond donors (Lipinski definition) is 2. The van der Waals surface area contributed by atoms with Gasteiger partial charge in [-0.25, -0.2) is 13.8 Å². The lowest BCUT2D eigenvalue weighted by Crippen LogP contribution is -2.28. The quantitative estimate of drug-likeness (QED) is 0.477. The molecule has 0 aliphatic heterocycles. The molecule has 0 aliphatic rings. The van der Waals surface area contributed by atoms with E-state index < -0.39 is 40.6 Å². The van der Waals surface area contributed by atoms with Crippen molar-refractivity contribution in [1.29, 1.82) is 0 Å². The van der Waals surface area contributed by atoms with Crippen molar-refractivity contribution in [2.24, 2.45) is 0 Å². The molecule has 166 valence electrons. The summed E-state index contributed by atoms with van der Waals surface area (Å²) in [6.07, 6.45) is 2.40. The first-order valence-electron chi connectivity index (χ1n) is 9.36. The van der Waals surface area contributed by atoms with Gasteiger partial charge in [0.2, 0.25) is 5.82 Å². The highest BCUT2D eigenvalue weighted by atomic mass is 19.1. The minimum absolute atomic E-state index is 0.110. The maximum Gasteiger partial charge on any atom is 0.267 e. The Hall–Kier alpha value is -4.67. The fourth-order valence-corrected chi connectivity index (χ4v) is 2.87. The number of amides is 1. The smallest absolute Gasteiger partial charge is 0.267 e. The van der Waals surface area contributed by atoms with Gasteiger partial charge in [-0.1, -0.05) is 0 Å². The predicted octanol–water partition coefficient (Wildman–Crippen LogP) is 3.67. The highest BCUT2D eigenvalue weighted by molar-refractivity contribution is 6.04. The van der Waals surface area contributed by atoms with Crippen molar-refractivity contribution in [3.8, 4) is 17.3 Å². The van der Waals surface area contributed by atoms with Crippen LogP contribution >= 0.6 is 0 Å². The number of carbonyl (C=O) groups excluding carboxylic acids is 1. The molecule has 0 unspecified atom stereocenters. The SMILES string of the molecule is Nc1ncnc(Oc2ccc(NC(=O)c3cccn(-c4ccc(F)cc4)c3=O)c(F)c2)c1F. The van der Waals surface area contributed by atoms with Gasteiger partial charge in [0.25, 0.3) is 17.3 Å². The molecule has 0 bridgehead atoms. The molecule has 33 heavy (non-hydrogen) atoms. The van der Waals surface area contributed by atoms with Crippen LogP contribution in [0.2, 0.25) is 0 Å². The number of pyridine rings is 1. The fraction of sp³-hybridized carbons (Fsp3) is 0. The van der Waals surface area contributed by atoms with Crippen molar-refractivity contribution in [2.45, 2.75) is 0 Å². The van der Waals surface area contributed by atoms with Crippen molar-refractivity contribution in [3.05, 3.63) is 100 Å². The van der Waals surface area contributed by atoms with Crippen LogP contribution in [0.5, 0.6) is 11.6 Å². The first-order valence-corrected chi connectivity index (χ1v) is 9.36. The predicted molar refractivity (Wildman–Crippen MR) is 113 cm³/mol. The van der Waals surface area contributed by atoms with E-state index >= 15 is 0 Å². The molecule has 3 N–H and O–H groups in total. The van der Waals surface area contributed by atoms with E-state index in [-0.39, 0.29) is 17.0 Å². The van der Waals surface area contributed by atoms with Crippen LogP contribution in [-0.4, -0.2) is 20.4 Å². The average Bonchev–Trinajstić information content (AvgIpc) is 2.79. The van der Waals surface area contributed by atoms with E-state index in [0.717, 1.165) is 17.0 Å². The van der Waals surface area contributed by atoms with Crippen LogP contribution in [0.4, 0.5) is 24.7 Å². The van der Waals surface area contributed by atoms with Crippen LogP contribution < -0.4 is 21.3 Å². The Bertz CT molecular complexity index is 1410. The van der Waals surface area contributed by atoms with Crippen molar-refractivity contribution in [3.63, 3.8) is 0 Å². The zero-order valence-electron chi connectivity index (χ0n) is 16.6. The molecular weight excluding hydrogens is 439 g/mol. The first-order chi connectivity index (χ1) is 15.8. The Labute approximate surface area is 184 Å². The highest BCUT2D eigenvalue weighted by Gasteiger charge is 2.17. The van der Waals surface area contributed by atoms with Gasteiger partial charge in [0.05, 0.1) is 5.69 Å². The van der Waals surface area contributed by atoms with Crippen molar-refractivity contribution in [2.75, 3.05) is 11.1 Å². The summed E-state index contributed by atoms with van der Waals surface area (Å²) in [6, 6.07) is 11.2. The average molecular weight is 453 g/mol. The summed E-state index contributed by atoms with van der Waals surface area (Å²) >= 11 is 0. The molecule has 8 nitrogen and oxygen atoms in total. The molecule has 2 aromatic heterocycles. The number of nitrogen functional groups attached to an aromatic ring is 1. The van der Waals surface area contributed by atoms with Crippen molar-refractivity contribution >= 4 is 17.4 Å². The number of aromatic nitrogens is 3. The molecule has 0 spiro atoms. The zero-order valence-corrected chi connectivity index (χ0v) is 16.6. The van der Waals surface area contributed by atoms with Crippen LogP contribution in [0, 0.1) is 17.5 Å². The lowest BCUT2D eigenvalue weighted by Gasteiger charge is -2.11. The number of ether oxygens (including phenoxy) is 1. The van der Waals surface area contributed by atoms with Gasteiger partial charge in [0.15, 0.2) is 5.82 Å². The molecule has 2 heterocycles. The number of nitrogens with zero attached hydrogens (tertiary/aromatic N) is 3. The Balaban J connectivity index is 1.55. The van der Waals surface area contributed by atoms with Gasteiger partial charge in [0, 0.05) is 18.0 Å². The number of nitrogens with two attached hydrogens (primary N) is 1. The van der Waals surface area contributed by atoms with E-state index in [1.807, 2.05) is 0 Å². The first kappa shape index (κ1) is 21.6. The second-order valence-corrected chi connectivity index (χ2v) is 6.65. The summed E-state index contributed by atoms with van der Waals surface area (Å²) < 4.78 is 47.9. The topological polar surface area (TPSA) is 112 Å². The Morgan fingerprint density at radius 1 is 1.03 bits per heavy atom. The van der Waals surface area contributed by atoms with Crippen LogP contribution in [0.1, 0.15) is 10.4 Å². The van der Waals surface area contributed by atoms with Gasteiger partial charge in [-0.2, -0.15) is 9.37 Å². The van der Waals surface area contributed by atoms with Crippen LogP contribution in [0.15, 0.2) is 71.9 Å². The third-order valence-electron chi connectivity index (χ3n) is 4.48. The summed E-state index contributed by atoms with van der Waals surface area (Å²) in [4.78, 5) is 32.4. The third-order valence-corrected chi connectivity index (χ3v) is 4.48. The van der Waals surface area contributed by atoms with Crippen molar-refractivity contribution < 1.29 is 22.7 Å². The lowest BCUT2D eigenvalue weighted by atomic mass is 10.2. The standard InChI is InChI=1S/C22H14F3N5O3/c23-12-3-5-13(6-4-12)30-9-1-2-15(22(30)32)20(31)29-17-8-7-14(10-16(17)24)33-21-18(25)19(26)27-11-28-21/h1-11H,(H,29,31)(H2,26,27,28). The molecule has 0 fully saturated rings. The molecule has 4 rings (SSSR count). The summed E-state index contributed by atoms with van der Waals surface area (Å²) in [6.45, 7) is 0. The molecule has 0 atom stereocenters. The number of hydrogen-bond acceptors (Lipinski definition) is 6. The number of anilines is 2. The highest BCUT2D eigenvalue weighted by Crippen LogP contribution is 2.27. The molecular formula is C22H14F3N5O3. The maximum absolute atomic E-state index is 14.5. The van der Waals surface area contributed by atoms with E-state index in [0.29, 0.717) is 5.69 Å². The maximum atomic E-state index is 14.5. The Kier molecular flexibility index (Phi) is 5.77. The molecule has 11 heteroatoms. The van der Waals surface area contributed by atoms with E-state index in [1.165, 1.54) is 54.7 Å². The van der Waals surface area contributed by atoms with E-state index in [1.54, 1.807) is 0 Å². The Morgan fingerprint density at radius 3 is 2.52 bits per heavy atom. The molecule has 0 saturated heterocycles. The van der Waals surface area contributed by atoms with E-state index in [9.17, 15) is 22.8 Å². The second kappa shape index (κ2) is 8.83. The van der Waals surface area contributed by atoms with Gasteiger partial charge in [0.1, 0.15) is 29.3 Å². The summed E-state index contributed by atoms with van der Waals surface area (Å²) in [5.74, 6) is -4.29. The monoisotopic (exact) mass is 453 g/mol. The molecule has 1 amide bonds. The second-order valence-electron chi connectivity index (χ2n) is 6.65. The number of carbonyl (C=O) groups is 1. The Morgan fingerprint density at radius 2 is 1.79 bits per heavy atom. The summed E-state index contributed by atoms with van der Waals surface area (Å²) in [5.41, 5.74) is 4.49. The molecule has 0 radical (unpaired) electrons.